The van der Waals surface area contributed by atoms with Crippen molar-refractivity contribution in [3.05, 3.63) is 40.1 Å². The number of hydrogen-bond acceptors (Lipinski definition) is 7. The molecule has 2 atom stereocenters. The third-order valence-electron chi connectivity index (χ3n) is 4.91. The van der Waals surface area contributed by atoms with Gasteiger partial charge in [-0.1, -0.05) is 6.58 Å². The molecule has 2 fully saturated rings. The van der Waals surface area contributed by atoms with Gasteiger partial charge in [-0.3, -0.25) is 14.9 Å². The van der Waals surface area contributed by atoms with Gasteiger partial charge in [-0.25, -0.2) is 0 Å². The first kappa shape index (κ1) is 18.4. The van der Waals surface area contributed by atoms with Crippen molar-refractivity contribution < 1.29 is 23.9 Å². The second-order valence-electron chi connectivity index (χ2n) is 6.54. The predicted molar refractivity (Wildman–Crippen MR) is 101 cm³/mol. The van der Waals surface area contributed by atoms with Gasteiger partial charge in [0.2, 0.25) is 12.7 Å². The van der Waals surface area contributed by atoms with Crippen molar-refractivity contribution in [2.45, 2.75) is 6.04 Å². The van der Waals surface area contributed by atoms with Crippen LogP contribution in [0, 0.1) is 16.0 Å². The van der Waals surface area contributed by atoms with Gasteiger partial charge < -0.3 is 29.7 Å². The molecule has 148 valence electrons. The number of nitro groups is 1. The van der Waals surface area contributed by atoms with Gasteiger partial charge in [0.15, 0.2) is 16.6 Å². The number of hydrogen-bond donors (Lipinski definition) is 2. The van der Waals surface area contributed by atoms with E-state index in [1.807, 2.05) is 0 Å². The third kappa shape index (κ3) is 3.22. The maximum atomic E-state index is 13.2. The molecular formula is C17H18N4O6S. The van der Waals surface area contributed by atoms with Crippen LogP contribution in [-0.4, -0.2) is 53.9 Å². The number of carbonyl (C=O) groups is 1. The van der Waals surface area contributed by atoms with Crippen molar-refractivity contribution in [2.24, 2.45) is 5.92 Å². The van der Waals surface area contributed by atoms with E-state index in [9.17, 15) is 14.9 Å². The van der Waals surface area contributed by atoms with Crippen LogP contribution in [0.1, 0.15) is 11.6 Å². The molecule has 0 spiro atoms. The van der Waals surface area contributed by atoms with Crippen molar-refractivity contribution in [3.8, 4) is 11.5 Å². The highest BCUT2D eigenvalue weighted by Crippen LogP contribution is 2.43. The van der Waals surface area contributed by atoms with E-state index in [0.29, 0.717) is 43.5 Å². The quantitative estimate of drug-likeness (QED) is 0.428. The van der Waals surface area contributed by atoms with E-state index in [1.165, 1.54) is 12.1 Å². The summed E-state index contributed by atoms with van der Waals surface area (Å²) in [5, 5.41) is 17.8. The molecule has 3 aliphatic heterocycles. The lowest BCUT2D eigenvalue weighted by Crippen LogP contribution is -2.55. The minimum Gasteiger partial charge on any atom is -0.454 e. The van der Waals surface area contributed by atoms with Gasteiger partial charge in [-0.05, 0) is 18.3 Å². The molecule has 0 unspecified atom stereocenters. The summed E-state index contributed by atoms with van der Waals surface area (Å²) in [6.07, 6.45) is 0. The zero-order valence-corrected chi connectivity index (χ0v) is 15.6. The summed E-state index contributed by atoms with van der Waals surface area (Å²) in [6.45, 7) is 5.71. The molecule has 0 bridgehead atoms. The SMILES string of the molecule is C=C1NC(=S)N[C@H](c2cc3c(cc2[N+](=O)[O-])OCO3)[C@H]1C(=O)N1CCOCC1. The van der Waals surface area contributed by atoms with Crippen LogP contribution in [0.2, 0.25) is 0 Å². The minimum atomic E-state index is -0.788. The summed E-state index contributed by atoms with van der Waals surface area (Å²) in [7, 11) is 0. The molecular weight excluding hydrogens is 388 g/mol. The number of nitrogens with zero attached hydrogens (tertiary/aromatic N) is 2. The summed E-state index contributed by atoms with van der Waals surface area (Å²) in [6, 6.07) is 2.06. The topological polar surface area (TPSA) is 115 Å². The first-order chi connectivity index (χ1) is 13.5. The fourth-order valence-electron chi connectivity index (χ4n) is 3.57. The molecule has 0 saturated carbocycles. The highest BCUT2D eigenvalue weighted by Gasteiger charge is 2.42. The van der Waals surface area contributed by atoms with E-state index in [2.05, 4.69) is 17.2 Å². The Morgan fingerprint density at radius 3 is 2.64 bits per heavy atom. The van der Waals surface area contributed by atoms with Crippen LogP contribution < -0.4 is 20.1 Å². The van der Waals surface area contributed by atoms with E-state index in [0.717, 1.165) is 0 Å². The Hall–Kier alpha value is -2.92. The lowest BCUT2D eigenvalue weighted by molar-refractivity contribution is -0.385. The number of ether oxygens (including phenoxy) is 3. The fourth-order valence-corrected chi connectivity index (χ4v) is 3.83. The van der Waals surface area contributed by atoms with Gasteiger partial charge in [0.25, 0.3) is 5.69 Å². The number of carbonyl (C=O) groups excluding carboxylic acids is 1. The van der Waals surface area contributed by atoms with E-state index < -0.39 is 16.9 Å². The van der Waals surface area contributed by atoms with E-state index >= 15 is 0 Å². The summed E-state index contributed by atoms with van der Waals surface area (Å²) < 4.78 is 15.9. The molecule has 1 aromatic rings. The number of rotatable bonds is 3. The van der Waals surface area contributed by atoms with Gasteiger partial charge in [0.05, 0.1) is 35.8 Å². The number of amides is 1. The first-order valence-electron chi connectivity index (χ1n) is 8.66. The molecule has 28 heavy (non-hydrogen) atoms. The van der Waals surface area contributed by atoms with Crippen molar-refractivity contribution in [1.82, 2.24) is 15.5 Å². The van der Waals surface area contributed by atoms with Crippen LogP contribution in [0.5, 0.6) is 11.5 Å². The van der Waals surface area contributed by atoms with Crippen LogP contribution in [0.4, 0.5) is 5.69 Å². The zero-order valence-electron chi connectivity index (χ0n) is 14.8. The van der Waals surface area contributed by atoms with Crippen LogP contribution >= 0.6 is 12.2 Å². The predicted octanol–water partition coefficient (Wildman–Crippen LogP) is 0.831. The van der Waals surface area contributed by atoms with Crippen LogP contribution in [0.3, 0.4) is 0 Å². The number of nitrogens with one attached hydrogen (secondary N) is 2. The highest BCUT2D eigenvalue weighted by molar-refractivity contribution is 7.80. The Morgan fingerprint density at radius 1 is 1.29 bits per heavy atom. The second-order valence-corrected chi connectivity index (χ2v) is 6.95. The third-order valence-corrected chi connectivity index (χ3v) is 5.13. The normalized spacial score (nSPS) is 23.8. The molecule has 10 nitrogen and oxygen atoms in total. The Labute approximate surface area is 165 Å². The highest BCUT2D eigenvalue weighted by atomic mass is 32.1. The summed E-state index contributed by atoms with van der Waals surface area (Å²) in [5.74, 6) is -0.312. The largest absolute Gasteiger partial charge is 0.454 e. The first-order valence-corrected chi connectivity index (χ1v) is 9.07. The molecule has 3 heterocycles. The van der Waals surface area contributed by atoms with Crippen LogP contribution in [0.15, 0.2) is 24.4 Å². The zero-order chi connectivity index (χ0) is 19.8. The van der Waals surface area contributed by atoms with E-state index in [1.54, 1.807) is 4.90 Å². The lowest BCUT2D eigenvalue weighted by Gasteiger charge is -2.38. The number of thiocarbonyl (C=S) groups is 1. The maximum absolute atomic E-state index is 13.2. The smallest absolute Gasteiger partial charge is 0.278 e. The molecule has 11 heteroatoms. The molecule has 0 aromatic heterocycles. The van der Waals surface area contributed by atoms with Crippen molar-refractivity contribution in [3.63, 3.8) is 0 Å². The van der Waals surface area contributed by atoms with Crippen LogP contribution in [-0.2, 0) is 9.53 Å². The average Bonchev–Trinajstić information content (AvgIpc) is 3.14. The summed E-state index contributed by atoms with van der Waals surface area (Å²) in [5.41, 5.74) is 0.488. The molecule has 2 N–H and O–H groups in total. The Balaban J connectivity index is 1.76. The average molecular weight is 406 g/mol. The molecule has 4 rings (SSSR count). The van der Waals surface area contributed by atoms with Crippen molar-refractivity contribution in [1.29, 1.82) is 0 Å². The number of fused-ring (bicyclic) bond motifs is 1. The second kappa shape index (κ2) is 7.24. The molecule has 1 aromatic carbocycles. The van der Waals surface area contributed by atoms with Gasteiger partial charge >= 0.3 is 0 Å². The van der Waals surface area contributed by atoms with Gasteiger partial charge in [-0.2, -0.15) is 0 Å². The number of morpholine rings is 1. The Morgan fingerprint density at radius 2 is 1.96 bits per heavy atom. The van der Waals surface area contributed by atoms with E-state index in [4.69, 9.17) is 26.4 Å². The van der Waals surface area contributed by atoms with Gasteiger partial charge in [0.1, 0.15) is 5.92 Å². The number of benzene rings is 1. The Bertz CT molecular complexity index is 869. The van der Waals surface area contributed by atoms with Gasteiger partial charge in [-0.15, -0.1) is 0 Å². The molecule has 2 saturated heterocycles. The maximum Gasteiger partial charge on any atom is 0.278 e. The standard InChI is InChI=1S/C17H18N4O6S/c1-9-14(16(22)20-2-4-25-5-3-20)15(19-17(28)18-9)10-6-12-13(27-8-26-12)7-11(10)21(23)24/h6-7,14-15H,1-5,8H2,(H2,18,19,28)/t14-,15+/m0/s1. The molecule has 3 aliphatic rings. The minimum absolute atomic E-state index is 0.0170. The van der Waals surface area contributed by atoms with Crippen molar-refractivity contribution in [2.75, 3.05) is 33.1 Å². The summed E-state index contributed by atoms with van der Waals surface area (Å²) in [4.78, 5) is 26.1. The molecule has 0 aliphatic carbocycles. The summed E-state index contributed by atoms with van der Waals surface area (Å²) >= 11 is 5.21. The lowest BCUT2D eigenvalue weighted by atomic mass is 9.86. The van der Waals surface area contributed by atoms with E-state index in [-0.39, 0.29) is 29.1 Å². The molecule has 1 amide bonds. The molecule has 0 radical (unpaired) electrons. The fraction of sp³-hybridized carbons (Fsp3) is 0.412. The van der Waals surface area contributed by atoms with Crippen LogP contribution in [0.25, 0.3) is 0 Å². The van der Waals surface area contributed by atoms with Gasteiger partial charge in [0, 0.05) is 18.8 Å². The Kier molecular flexibility index (Phi) is 4.77. The number of nitro benzene ring substituents is 1. The monoisotopic (exact) mass is 406 g/mol. The van der Waals surface area contributed by atoms with Crippen molar-refractivity contribution >= 4 is 28.9 Å².